The number of rotatable bonds is 2. The van der Waals surface area contributed by atoms with Crippen molar-refractivity contribution in [3.05, 3.63) is 58.4 Å². The molecule has 0 aliphatic carbocycles. The van der Waals surface area contributed by atoms with Crippen LogP contribution >= 0.6 is 11.3 Å². The van der Waals surface area contributed by atoms with Gasteiger partial charge in [-0.2, -0.15) is 0 Å². The molecule has 1 aliphatic rings. The maximum absolute atomic E-state index is 13.2. The van der Waals surface area contributed by atoms with Crippen LogP contribution in [0.5, 0.6) is 5.75 Å². The molecule has 1 saturated heterocycles. The first-order valence-corrected chi connectivity index (χ1v) is 10.4. The van der Waals surface area contributed by atoms with Crippen LogP contribution in [-0.4, -0.2) is 42.3 Å². The minimum Gasteiger partial charge on any atom is -0.460 e. The fraction of sp³-hybridized carbons (Fsp3) is 0.227. The Balaban J connectivity index is 1.51. The number of hydrogen-bond donors (Lipinski definition) is 0. The van der Waals surface area contributed by atoms with Crippen molar-refractivity contribution >= 4 is 38.6 Å². The number of amides is 1. The molecule has 152 valence electrons. The van der Waals surface area contributed by atoms with Crippen molar-refractivity contribution in [2.24, 2.45) is 0 Å². The van der Waals surface area contributed by atoms with Gasteiger partial charge in [0.1, 0.15) is 22.1 Å². The molecule has 2 aromatic carbocycles. The number of thiazole rings is 1. The number of morpholine rings is 1. The summed E-state index contributed by atoms with van der Waals surface area (Å²) in [4.78, 5) is 31.7. The summed E-state index contributed by atoms with van der Waals surface area (Å²) in [6.45, 7) is 3.72. The van der Waals surface area contributed by atoms with Crippen molar-refractivity contribution < 1.29 is 18.7 Å². The highest BCUT2D eigenvalue weighted by atomic mass is 32.1. The van der Waals surface area contributed by atoms with Crippen LogP contribution < -0.4 is 10.2 Å². The van der Waals surface area contributed by atoms with Crippen molar-refractivity contribution in [1.82, 2.24) is 9.88 Å². The molecule has 1 aliphatic heterocycles. The number of fused-ring (bicyclic) bond motifs is 2. The molecule has 0 unspecified atom stereocenters. The van der Waals surface area contributed by atoms with Gasteiger partial charge in [-0.05, 0) is 31.2 Å². The van der Waals surface area contributed by atoms with E-state index in [9.17, 15) is 9.59 Å². The highest BCUT2D eigenvalue weighted by Gasteiger charge is 2.21. The first-order chi connectivity index (χ1) is 14.6. The predicted molar refractivity (Wildman–Crippen MR) is 114 cm³/mol. The second kappa shape index (κ2) is 7.55. The summed E-state index contributed by atoms with van der Waals surface area (Å²) < 4.78 is 17.6. The summed E-state index contributed by atoms with van der Waals surface area (Å²) >= 11 is 1.46. The third-order valence-corrected chi connectivity index (χ3v) is 6.08. The maximum Gasteiger partial charge on any atom is 0.415 e. The highest BCUT2D eigenvalue weighted by molar-refractivity contribution is 7.21. The van der Waals surface area contributed by atoms with E-state index in [1.807, 2.05) is 24.3 Å². The molecule has 7 nitrogen and oxygen atoms in total. The number of hydrogen-bond acceptors (Lipinski definition) is 7. The molecule has 0 bridgehead atoms. The molecule has 1 fully saturated rings. The molecule has 5 rings (SSSR count). The van der Waals surface area contributed by atoms with Gasteiger partial charge in [-0.3, -0.25) is 4.79 Å². The number of nitrogens with zero attached hydrogens (tertiary/aromatic N) is 2. The van der Waals surface area contributed by atoms with Crippen LogP contribution in [0.2, 0.25) is 0 Å². The molecule has 3 heterocycles. The van der Waals surface area contributed by atoms with E-state index < -0.39 is 6.09 Å². The second-order valence-electron chi connectivity index (χ2n) is 6.97. The first-order valence-electron chi connectivity index (χ1n) is 9.58. The van der Waals surface area contributed by atoms with Crippen LogP contribution in [0.3, 0.4) is 0 Å². The van der Waals surface area contributed by atoms with Crippen molar-refractivity contribution in [2.75, 3.05) is 26.3 Å². The van der Waals surface area contributed by atoms with E-state index >= 15 is 0 Å². The standard InChI is InChI=1S/C22H18N2O5S/c1-13-19(21-23-16-4-2-3-5-18(16)30-21)20(25)15-7-6-14(12-17(15)28-13)29-22(26)24-8-10-27-11-9-24/h2-7,12H,8-11H2,1H3. The molecule has 30 heavy (non-hydrogen) atoms. The fourth-order valence-electron chi connectivity index (χ4n) is 3.49. The fourth-order valence-corrected chi connectivity index (χ4v) is 4.54. The third-order valence-electron chi connectivity index (χ3n) is 5.02. The summed E-state index contributed by atoms with van der Waals surface area (Å²) in [7, 11) is 0. The van der Waals surface area contributed by atoms with Crippen LogP contribution in [0.4, 0.5) is 4.79 Å². The van der Waals surface area contributed by atoms with E-state index in [1.54, 1.807) is 30.0 Å². The number of aryl methyl sites for hydroxylation is 1. The minimum absolute atomic E-state index is 0.154. The Kier molecular flexibility index (Phi) is 4.72. The van der Waals surface area contributed by atoms with E-state index in [1.165, 1.54) is 11.3 Å². The Hall–Kier alpha value is -3.23. The zero-order chi connectivity index (χ0) is 20.7. The highest BCUT2D eigenvalue weighted by Crippen LogP contribution is 2.32. The molecule has 0 N–H and O–H groups in total. The number of carbonyl (C=O) groups is 1. The molecule has 2 aromatic heterocycles. The Morgan fingerprint density at radius 1 is 1.17 bits per heavy atom. The van der Waals surface area contributed by atoms with Gasteiger partial charge in [0.05, 0.1) is 34.4 Å². The van der Waals surface area contributed by atoms with E-state index in [4.69, 9.17) is 13.9 Å². The molecule has 0 spiro atoms. The zero-order valence-electron chi connectivity index (χ0n) is 16.2. The molecule has 1 amide bonds. The zero-order valence-corrected chi connectivity index (χ0v) is 17.0. The molecule has 0 radical (unpaired) electrons. The van der Waals surface area contributed by atoms with Crippen LogP contribution in [0.25, 0.3) is 31.8 Å². The van der Waals surface area contributed by atoms with Gasteiger partial charge in [-0.15, -0.1) is 11.3 Å². The summed E-state index contributed by atoms with van der Waals surface area (Å²) in [5.41, 5.74) is 1.53. The lowest BCUT2D eigenvalue weighted by molar-refractivity contribution is 0.0416. The molecule has 0 saturated carbocycles. The van der Waals surface area contributed by atoms with Gasteiger partial charge in [-0.1, -0.05) is 12.1 Å². The Bertz CT molecular complexity index is 1290. The minimum atomic E-state index is -0.442. The van der Waals surface area contributed by atoms with Crippen molar-refractivity contribution in [3.8, 4) is 16.3 Å². The van der Waals surface area contributed by atoms with Gasteiger partial charge in [-0.25, -0.2) is 9.78 Å². The van der Waals surface area contributed by atoms with Crippen molar-refractivity contribution in [2.45, 2.75) is 6.92 Å². The Morgan fingerprint density at radius 2 is 1.97 bits per heavy atom. The quantitative estimate of drug-likeness (QED) is 0.481. The number of aromatic nitrogens is 1. The molecular weight excluding hydrogens is 404 g/mol. The number of para-hydroxylation sites is 1. The third kappa shape index (κ3) is 3.34. The lowest BCUT2D eigenvalue weighted by Gasteiger charge is -2.25. The molecular formula is C22H18N2O5S. The van der Waals surface area contributed by atoms with E-state index in [0.29, 0.717) is 59.4 Å². The maximum atomic E-state index is 13.2. The van der Waals surface area contributed by atoms with Gasteiger partial charge in [0, 0.05) is 19.2 Å². The van der Waals surface area contributed by atoms with Gasteiger partial charge in [0.2, 0.25) is 5.43 Å². The summed E-state index contributed by atoms with van der Waals surface area (Å²) in [6, 6.07) is 12.6. The van der Waals surface area contributed by atoms with Crippen LogP contribution in [0, 0.1) is 6.92 Å². The number of carbonyl (C=O) groups excluding carboxylic acids is 1. The van der Waals surface area contributed by atoms with Crippen molar-refractivity contribution in [3.63, 3.8) is 0 Å². The van der Waals surface area contributed by atoms with E-state index in [2.05, 4.69) is 4.98 Å². The van der Waals surface area contributed by atoms with Crippen molar-refractivity contribution in [1.29, 1.82) is 0 Å². The lowest BCUT2D eigenvalue weighted by atomic mass is 10.1. The molecule has 8 heteroatoms. The Labute approximate surface area is 175 Å². The van der Waals surface area contributed by atoms with Gasteiger partial charge < -0.3 is 18.8 Å². The number of benzene rings is 2. The second-order valence-corrected chi connectivity index (χ2v) is 8.01. The van der Waals surface area contributed by atoms with E-state index in [0.717, 1.165) is 10.2 Å². The topological polar surface area (TPSA) is 81.9 Å². The van der Waals surface area contributed by atoms with Crippen LogP contribution in [0.15, 0.2) is 51.7 Å². The number of ether oxygens (including phenoxy) is 2. The summed E-state index contributed by atoms with van der Waals surface area (Å²) in [5.74, 6) is 0.803. The largest absolute Gasteiger partial charge is 0.460 e. The SMILES string of the molecule is Cc1oc2cc(OC(=O)N3CCOCC3)ccc2c(=O)c1-c1nc2ccccc2s1. The monoisotopic (exact) mass is 422 g/mol. The predicted octanol–water partition coefficient (Wildman–Crippen LogP) is 4.21. The summed E-state index contributed by atoms with van der Waals surface area (Å²) in [6.07, 6.45) is -0.442. The van der Waals surface area contributed by atoms with Crippen LogP contribution in [0.1, 0.15) is 5.76 Å². The average Bonchev–Trinajstić information content (AvgIpc) is 3.17. The molecule has 0 atom stereocenters. The van der Waals surface area contributed by atoms with Gasteiger partial charge in [0.15, 0.2) is 0 Å². The van der Waals surface area contributed by atoms with Gasteiger partial charge in [0.25, 0.3) is 0 Å². The Morgan fingerprint density at radius 3 is 2.77 bits per heavy atom. The lowest BCUT2D eigenvalue weighted by Crippen LogP contribution is -2.42. The molecule has 4 aromatic rings. The van der Waals surface area contributed by atoms with E-state index in [-0.39, 0.29) is 5.43 Å². The van der Waals surface area contributed by atoms with Crippen LogP contribution in [-0.2, 0) is 4.74 Å². The normalized spacial score (nSPS) is 14.4. The summed E-state index contributed by atoms with van der Waals surface area (Å²) in [5, 5.41) is 1.05. The smallest absolute Gasteiger partial charge is 0.415 e. The average molecular weight is 422 g/mol. The van der Waals surface area contributed by atoms with Gasteiger partial charge >= 0.3 is 6.09 Å². The first kappa shape index (κ1) is 18.8.